The molecule has 7 atom stereocenters. The Kier molecular flexibility index (Phi) is 17.8. The first-order valence-corrected chi connectivity index (χ1v) is 26.2. The molecule has 5 N–H and O–H groups in total. The smallest absolute Gasteiger partial charge is 0.246 e. The van der Waals surface area contributed by atoms with Crippen LogP contribution in [-0.4, -0.2) is 100 Å². The van der Waals surface area contributed by atoms with Gasteiger partial charge in [0, 0.05) is 52.1 Å². The number of nitrogens with two attached hydrogens (primary N) is 1. The van der Waals surface area contributed by atoms with Crippen LogP contribution < -0.4 is 21.3 Å². The van der Waals surface area contributed by atoms with Crippen molar-refractivity contribution in [3.05, 3.63) is 106 Å². The summed E-state index contributed by atoms with van der Waals surface area (Å²) in [7, 11) is 1.59. The standard InChI is InChI=1S/C56H72N6O8S/c1-34-52(71-33-59-34)40-21-18-37(19-22-40)20-26-47(64)45-30-43(63)31-61(45)55(69)53(56(3,4)5)60-50(67)13-8-7-10-36-14-16-38(17-15-36)32-70-35(2)41(24-27-49(66)58-6)29-48(65)46-28-42-12-9-11-39-23-25-44(57)54(68)62(46)51(39)42/h9,11-12,14-19,21-22,33,35,41,43-46,53,63H,7-8,10,13,20,23-32,57H2,1-6H3,(H,58,66)(H,60,67)/t35-,41-,43-,44+,45+,46+,53-/m1/s1. The maximum atomic E-state index is 14.1. The van der Waals surface area contributed by atoms with Gasteiger partial charge in [-0.1, -0.05) is 87.5 Å². The Morgan fingerprint density at radius 1 is 0.887 bits per heavy atom. The number of hydrogen-bond donors (Lipinski definition) is 4. The molecule has 4 amide bonds. The lowest BCUT2D eigenvalue weighted by atomic mass is 9.85. The highest BCUT2D eigenvalue weighted by Crippen LogP contribution is 2.40. The molecule has 0 radical (unpaired) electrons. The summed E-state index contributed by atoms with van der Waals surface area (Å²) < 4.78 is 6.37. The average Bonchev–Trinajstić information content (AvgIpc) is 4.07. The fraction of sp³-hybridized carbons (Fsp3) is 0.518. The molecule has 15 heteroatoms. The Bertz CT molecular complexity index is 2540. The average molecular weight is 989 g/mol. The van der Waals surface area contributed by atoms with E-state index in [2.05, 4.69) is 15.6 Å². The SMILES string of the molecule is CNC(=O)CC[C@H](CC(=O)[C@@H]1Cc2cccc3c2N1C(=O)[C@@H](N)CC3)[C@@H](C)OCc1ccc(CCCCC(=O)N[C@H](C(=O)N2C[C@H](O)C[C@H]2C(=O)CCc2ccc(-c3scnc3C)cc2)C(C)(C)C)cc1. The summed E-state index contributed by atoms with van der Waals surface area (Å²) in [5.41, 5.74) is 15.5. The Balaban J connectivity index is 0.865. The van der Waals surface area contributed by atoms with E-state index in [0.717, 1.165) is 62.5 Å². The normalized spacial score (nSPS) is 20.0. The van der Waals surface area contributed by atoms with E-state index in [1.165, 1.54) is 4.90 Å². The number of aryl methyl sites for hydroxylation is 4. The minimum absolute atomic E-state index is 0.0431. The number of carbonyl (C=O) groups is 6. The van der Waals surface area contributed by atoms with Crippen molar-refractivity contribution < 1.29 is 38.6 Å². The predicted molar refractivity (Wildman–Crippen MR) is 276 cm³/mol. The molecule has 3 aromatic carbocycles. The second-order valence-electron chi connectivity index (χ2n) is 20.9. The van der Waals surface area contributed by atoms with Crippen molar-refractivity contribution in [2.24, 2.45) is 17.1 Å². The molecular formula is C56H72N6O8S. The molecule has 4 heterocycles. The number of aromatic nitrogens is 1. The van der Waals surface area contributed by atoms with Gasteiger partial charge in [0.05, 0.1) is 58.7 Å². The van der Waals surface area contributed by atoms with Gasteiger partial charge < -0.3 is 31.1 Å². The highest BCUT2D eigenvalue weighted by Gasteiger charge is 2.45. The number of nitrogens with zero attached hydrogens (tertiary/aromatic N) is 3. The molecule has 4 aromatic rings. The number of hydrogen-bond acceptors (Lipinski definition) is 11. The molecule has 1 aromatic heterocycles. The fourth-order valence-electron chi connectivity index (χ4n) is 10.3. The number of benzene rings is 3. The molecule has 3 aliphatic heterocycles. The molecular weight excluding hydrogens is 917 g/mol. The number of ether oxygens (including phenoxy) is 1. The first-order chi connectivity index (χ1) is 33.9. The van der Waals surface area contributed by atoms with Crippen molar-refractivity contribution in [1.29, 1.82) is 0 Å². The van der Waals surface area contributed by atoms with Crippen LogP contribution in [0, 0.1) is 18.3 Å². The van der Waals surface area contributed by atoms with E-state index < -0.39 is 35.7 Å². The molecule has 0 unspecified atom stereocenters. The minimum Gasteiger partial charge on any atom is -0.391 e. The van der Waals surface area contributed by atoms with Crippen LogP contribution in [0.15, 0.2) is 72.2 Å². The summed E-state index contributed by atoms with van der Waals surface area (Å²) in [6, 6.07) is 19.2. The van der Waals surface area contributed by atoms with E-state index in [0.29, 0.717) is 45.1 Å². The zero-order valence-electron chi connectivity index (χ0n) is 42.2. The predicted octanol–water partition coefficient (Wildman–Crippen LogP) is 6.76. The van der Waals surface area contributed by atoms with Gasteiger partial charge in [0.2, 0.25) is 23.6 Å². The molecule has 0 aliphatic carbocycles. The summed E-state index contributed by atoms with van der Waals surface area (Å²) in [5, 5.41) is 16.3. The number of β-amino-alcohol motifs (C(OH)–C–C–N with tert-alkyl or cyclic N) is 1. The third-order valence-corrected chi connectivity index (χ3v) is 15.6. The number of Topliss-reactive ketones (excluding diaryl/α,β-unsaturated/α-hetero) is 2. The number of unbranched alkanes of at least 4 members (excludes halogenated alkanes) is 1. The van der Waals surface area contributed by atoms with Gasteiger partial charge in [-0.2, -0.15) is 0 Å². The number of ketones is 2. The molecule has 7 rings (SSSR count). The molecule has 0 spiro atoms. The zero-order chi connectivity index (χ0) is 51.0. The van der Waals surface area contributed by atoms with E-state index >= 15 is 0 Å². The summed E-state index contributed by atoms with van der Waals surface area (Å²) in [5.74, 6) is -1.35. The van der Waals surface area contributed by atoms with Crippen molar-refractivity contribution in [2.75, 3.05) is 18.5 Å². The minimum atomic E-state index is -0.875. The van der Waals surface area contributed by atoms with E-state index in [1.807, 2.05) is 107 Å². The van der Waals surface area contributed by atoms with Crippen LogP contribution in [0.4, 0.5) is 5.69 Å². The van der Waals surface area contributed by atoms with Gasteiger partial charge in [-0.05, 0) is 104 Å². The number of amides is 4. The van der Waals surface area contributed by atoms with Crippen molar-refractivity contribution >= 4 is 52.2 Å². The number of anilines is 1. The van der Waals surface area contributed by atoms with E-state index in [-0.39, 0.29) is 85.9 Å². The van der Waals surface area contributed by atoms with Crippen molar-refractivity contribution in [2.45, 2.75) is 161 Å². The van der Waals surface area contributed by atoms with E-state index in [4.69, 9.17) is 10.5 Å². The van der Waals surface area contributed by atoms with Crippen LogP contribution in [0.5, 0.6) is 0 Å². The topological polar surface area (TPSA) is 201 Å². The van der Waals surface area contributed by atoms with Gasteiger partial charge in [-0.3, -0.25) is 33.7 Å². The first kappa shape index (κ1) is 53.2. The summed E-state index contributed by atoms with van der Waals surface area (Å²) in [4.78, 5) is 89.7. The summed E-state index contributed by atoms with van der Waals surface area (Å²) in [6.07, 6.45) is 4.59. The van der Waals surface area contributed by atoms with Crippen LogP contribution in [0.1, 0.15) is 119 Å². The van der Waals surface area contributed by atoms with Crippen molar-refractivity contribution in [1.82, 2.24) is 20.5 Å². The van der Waals surface area contributed by atoms with Crippen LogP contribution >= 0.6 is 11.3 Å². The molecule has 3 aliphatic rings. The maximum Gasteiger partial charge on any atom is 0.246 e. The van der Waals surface area contributed by atoms with Gasteiger partial charge in [-0.25, -0.2) is 4.98 Å². The Morgan fingerprint density at radius 3 is 2.27 bits per heavy atom. The summed E-state index contributed by atoms with van der Waals surface area (Å²) >= 11 is 1.59. The van der Waals surface area contributed by atoms with Crippen molar-refractivity contribution in [3.8, 4) is 10.4 Å². The number of likely N-dealkylation sites (tertiary alicyclic amines) is 1. The Morgan fingerprint density at radius 2 is 1.58 bits per heavy atom. The van der Waals surface area contributed by atoms with Gasteiger partial charge in [0.15, 0.2) is 11.6 Å². The Labute approximate surface area is 422 Å². The monoisotopic (exact) mass is 989 g/mol. The van der Waals surface area contributed by atoms with Gasteiger partial charge in [-0.15, -0.1) is 11.3 Å². The number of carbonyl (C=O) groups excluding carboxylic acids is 6. The molecule has 380 valence electrons. The lowest BCUT2D eigenvalue weighted by Crippen LogP contribution is -2.56. The molecule has 71 heavy (non-hydrogen) atoms. The van der Waals surface area contributed by atoms with E-state index in [1.54, 1.807) is 23.3 Å². The Hall–Kier alpha value is -5.61. The zero-order valence-corrected chi connectivity index (χ0v) is 43.0. The van der Waals surface area contributed by atoms with Gasteiger partial charge in [0.25, 0.3) is 0 Å². The number of rotatable bonds is 22. The fourth-order valence-corrected chi connectivity index (χ4v) is 11.1. The molecule has 1 fully saturated rings. The highest BCUT2D eigenvalue weighted by atomic mass is 32.1. The highest BCUT2D eigenvalue weighted by molar-refractivity contribution is 7.13. The van der Waals surface area contributed by atoms with Gasteiger partial charge >= 0.3 is 0 Å². The van der Waals surface area contributed by atoms with E-state index in [9.17, 15) is 33.9 Å². The number of nitrogens with one attached hydrogen (secondary N) is 2. The third-order valence-electron chi connectivity index (χ3n) is 14.6. The largest absolute Gasteiger partial charge is 0.391 e. The molecule has 0 saturated carbocycles. The lowest BCUT2D eigenvalue weighted by Gasteiger charge is -2.35. The second-order valence-corrected chi connectivity index (χ2v) is 21.7. The number of thiazole rings is 1. The van der Waals surface area contributed by atoms with Gasteiger partial charge in [0.1, 0.15) is 6.04 Å². The van der Waals surface area contributed by atoms with Crippen LogP contribution in [0.25, 0.3) is 10.4 Å². The lowest BCUT2D eigenvalue weighted by molar-refractivity contribution is -0.143. The first-order valence-electron chi connectivity index (χ1n) is 25.3. The van der Waals surface area contributed by atoms with Crippen LogP contribution in [0.2, 0.25) is 0 Å². The quantitative estimate of drug-likeness (QED) is 0.0610. The van der Waals surface area contributed by atoms with Crippen molar-refractivity contribution in [3.63, 3.8) is 0 Å². The molecule has 14 nitrogen and oxygen atoms in total. The van der Waals surface area contributed by atoms with Crippen LogP contribution in [0.3, 0.4) is 0 Å². The number of aliphatic hydroxyl groups is 1. The maximum absolute atomic E-state index is 14.1. The number of para-hydroxylation sites is 1. The summed E-state index contributed by atoms with van der Waals surface area (Å²) in [6.45, 7) is 9.93. The second kappa shape index (κ2) is 23.7. The molecule has 0 bridgehead atoms. The number of aliphatic hydroxyl groups excluding tert-OH is 1. The van der Waals surface area contributed by atoms with Crippen LogP contribution in [-0.2, 0) is 65.8 Å². The third kappa shape index (κ3) is 13.3. The molecule has 1 saturated heterocycles.